The van der Waals surface area contributed by atoms with Crippen LogP contribution in [0.25, 0.3) is 53.2 Å². The van der Waals surface area contributed by atoms with Crippen molar-refractivity contribution in [2.75, 3.05) is 10.1 Å². The highest BCUT2D eigenvalue weighted by Crippen LogP contribution is 2.55. The Morgan fingerprint density at radius 2 is 1.26 bits per heavy atom. The average molecular weight is 761 g/mol. The third-order valence-electron chi connectivity index (χ3n) is 15.0. The van der Waals surface area contributed by atoms with Crippen molar-refractivity contribution < 1.29 is 4.42 Å². The minimum atomic E-state index is -0.0537. The van der Waals surface area contributed by atoms with Gasteiger partial charge >= 0.3 is 6.85 Å². The first-order valence-electron chi connectivity index (χ1n) is 21.0. The fourth-order valence-electron chi connectivity index (χ4n) is 11.4. The molecule has 0 saturated heterocycles. The maximum Gasteiger partial charge on any atom is 0.333 e. The zero-order valence-electron chi connectivity index (χ0n) is 34.4. The van der Waals surface area contributed by atoms with Crippen LogP contribution in [0.1, 0.15) is 103 Å². The van der Waals surface area contributed by atoms with Crippen LogP contribution in [0.4, 0.5) is 22.7 Å². The van der Waals surface area contributed by atoms with Gasteiger partial charge in [0.05, 0.1) is 10.4 Å². The molecule has 2 aliphatic heterocycles. The summed E-state index contributed by atoms with van der Waals surface area (Å²) in [5, 5.41) is 9.16. The molecule has 0 amide bonds. The molecule has 4 aliphatic rings. The second-order valence-electron chi connectivity index (χ2n) is 20.3. The molecule has 0 spiro atoms. The maximum atomic E-state index is 6.81. The Bertz CT molecular complexity index is 3090. The third kappa shape index (κ3) is 4.50. The van der Waals surface area contributed by atoms with Crippen LogP contribution in [0.2, 0.25) is 0 Å². The highest BCUT2D eigenvalue weighted by Gasteiger charge is 2.48. The second kappa shape index (κ2) is 10.9. The number of nitrogens with one attached hydrogen (secondary N) is 1. The molecule has 2 aliphatic carbocycles. The van der Waals surface area contributed by atoms with Gasteiger partial charge in [0.1, 0.15) is 11.2 Å². The summed E-state index contributed by atoms with van der Waals surface area (Å²) < 4.78 is 9.45. The monoisotopic (exact) mass is 760 g/mol. The number of benzene rings is 6. The summed E-state index contributed by atoms with van der Waals surface area (Å²) in [6.45, 7) is 19.6. The topological polar surface area (TPSA) is 28.4 Å². The van der Waals surface area contributed by atoms with Gasteiger partial charge in [0.25, 0.3) is 0 Å². The summed E-state index contributed by atoms with van der Waals surface area (Å²) >= 11 is 1.91. The maximum absolute atomic E-state index is 6.81. The molecule has 57 heavy (non-hydrogen) atoms. The largest absolute Gasteiger partial charge is 0.456 e. The molecular formula is C52H49BN2OS. The molecule has 8 aromatic rings. The van der Waals surface area contributed by atoms with Crippen LogP contribution in [-0.4, -0.2) is 6.85 Å². The van der Waals surface area contributed by atoms with E-state index in [1.165, 1.54) is 118 Å². The van der Waals surface area contributed by atoms with Crippen molar-refractivity contribution in [3.8, 4) is 11.1 Å². The summed E-state index contributed by atoms with van der Waals surface area (Å²) in [6.07, 6.45) is 4.73. The number of hydrogen-bond donors (Lipinski definition) is 1. The molecule has 0 unspecified atom stereocenters. The first-order chi connectivity index (χ1) is 27.2. The summed E-state index contributed by atoms with van der Waals surface area (Å²) in [5.74, 6) is 0. The molecule has 2 aromatic heterocycles. The van der Waals surface area contributed by atoms with E-state index in [0.717, 1.165) is 16.9 Å². The van der Waals surface area contributed by atoms with E-state index in [0.29, 0.717) is 0 Å². The van der Waals surface area contributed by atoms with Crippen molar-refractivity contribution in [1.29, 1.82) is 0 Å². The van der Waals surface area contributed by atoms with Crippen molar-refractivity contribution in [2.45, 2.75) is 103 Å². The highest BCUT2D eigenvalue weighted by atomic mass is 32.1. The quantitative estimate of drug-likeness (QED) is 0.169. The molecule has 0 fully saturated rings. The zero-order chi connectivity index (χ0) is 39.0. The predicted molar refractivity (Wildman–Crippen MR) is 246 cm³/mol. The number of anilines is 4. The Morgan fingerprint density at radius 1 is 0.614 bits per heavy atom. The molecule has 4 heterocycles. The fourth-order valence-corrected chi connectivity index (χ4v) is 12.7. The summed E-state index contributed by atoms with van der Waals surface area (Å²) in [4.78, 5) is 2.75. The lowest BCUT2D eigenvalue weighted by Gasteiger charge is -2.47. The van der Waals surface area contributed by atoms with Crippen LogP contribution in [-0.2, 0) is 21.7 Å². The van der Waals surface area contributed by atoms with Gasteiger partial charge in [-0.3, -0.25) is 0 Å². The molecule has 0 radical (unpaired) electrons. The van der Waals surface area contributed by atoms with Gasteiger partial charge in [-0.25, -0.2) is 0 Å². The van der Waals surface area contributed by atoms with E-state index in [1.54, 1.807) is 0 Å². The Labute approximate surface area is 340 Å². The van der Waals surface area contributed by atoms with Crippen molar-refractivity contribution in [2.24, 2.45) is 0 Å². The van der Waals surface area contributed by atoms with Crippen LogP contribution >= 0.6 is 11.3 Å². The van der Waals surface area contributed by atoms with Gasteiger partial charge < -0.3 is 14.5 Å². The highest BCUT2D eigenvalue weighted by molar-refractivity contribution is 7.26. The third-order valence-corrected chi connectivity index (χ3v) is 16.2. The first kappa shape index (κ1) is 34.1. The van der Waals surface area contributed by atoms with E-state index in [9.17, 15) is 0 Å². The van der Waals surface area contributed by atoms with E-state index in [4.69, 9.17) is 4.42 Å². The van der Waals surface area contributed by atoms with Gasteiger partial charge in [0.2, 0.25) is 0 Å². The fraction of sp³-hybridized carbons (Fsp3) is 0.308. The van der Waals surface area contributed by atoms with Gasteiger partial charge in [-0.1, -0.05) is 110 Å². The van der Waals surface area contributed by atoms with Gasteiger partial charge in [-0.15, -0.1) is 11.3 Å². The van der Waals surface area contributed by atoms with E-state index in [2.05, 4.69) is 163 Å². The Hall–Kier alpha value is -5.00. The Kier molecular flexibility index (Phi) is 6.54. The smallest absolute Gasteiger partial charge is 0.333 e. The SMILES string of the molecule is CC1(C)CCC(C)(C)c2cc(N3B4c5ccc6c(sc7ccccc76)c5Nc5cc6oc7ccccc7c6c(c54)-c4cc5c(cc43)C(C)(C)CCC5(C)C)ccc21. The lowest BCUT2D eigenvalue weighted by molar-refractivity contribution is 0.332. The minimum absolute atomic E-state index is 0.0537. The van der Waals surface area contributed by atoms with Gasteiger partial charge in [-0.2, -0.15) is 0 Å². The molecule has 6 aromatic carbocycles. The van der Waals surface area contributed by atoms with E-state index in [1.807, 2.05) is 11.3 Å². The number of hydrogen-bond acceptors (Lipinski definition) is 4. The molecule has 1 N–H and O–H groups in total. The lowest BCUT2D eigenvalue weighted by atomic mass is 9.43. The van der Waals surface area contributed by atoms with E-state index in [-0.39, 0.29) is 28.5 Å². The molecular weight excluding hydrogens is 711 g/mol. The number of furan rings is 1. The molecule has 12 rings (SSSR count). The van der Waals surface area contributed by atoms with Crippen LogP contribution in [0.5, 0.6) is 0 Å². The van der Waals surface area contributed by atoms with Crippen molar-refractivity contribution >= 4 is 94.0 Å². The van der Waals surface area contributed by atoms with Crippen molar-refractivity contribution in [1.82, 2.24) is 0 Å². The predicted octanol–water partition coefficient (Wildman–Crippen LogP) is 13.6. The molecule has 5 heteroatoms. The first-order valence-corrected chi connectivity index (χ1v) is 21.9. The van der Waals surface area contributed by atoms with Crippen molar-refractivity contribution in [3.05, 3.63) is 119 Å². The molecule has 0 atom stereocenters. The number of fused-ring (bicyclic) bond motifs is 14. The minimum Gasteiger partial charge on any atom is -0.456 e. The van der Waals surface area contributed by atoms with E-state index >= 15 is 0 Å². The Morgan fingerprint density at radius 3 is 2.02 bits per heavy atom. The molecule has 3 nitrogen and oxygen atoms in total. The number of para-hydroxylation sites is 1. The number of nitrogens with zero attached hydrogens (tertiary/aromatic N) is 1. The summed E-state index contributed by atoms with van der Waals surface area (Å²) in [5.41, 5.74) is 18.4. The van der Waals surface area contributed by atoms with E-state index < -0.39 is 0 Å². The van der Waals surface area contributed by atoms with Crippen LogP contribution in [0.3, 0.4) is 0 Å². The standard InChI is InChI=1S/C52H49BN2OS/c1-49(2)21-22-50(3,4)35-25-29(17-19-34(35)49)55-40-27-37-36(51(5,6)23-24-52(37,7)8)26-33(40)45-44-32-14-9-11-15-41(32)56-42(44)28-39-46(45)53(55)38-20-18-31-30-13-10-12-16-43(30)57-48(31)47(38)54-39/h9-20,25-28,54H,21-24H2,1-8H3. The Balaban J connectivity index is 1.25. The zero-order valence-corrected chi connectivity index (χ0v) is 35.2. The molecule has 0 bridgehead atoms. The lowest BCUT2D eigenvalue weighted by Crippen LogP contribution is -2.60. The average Bonchev–Trinajstić information content (AvgIpc) is 3.76. The van der Waals surface area contributed by atoms with Gasteiger partial charge in [-0.05, 0) is 122 Å². The van der Waals surface area contributed by atoms with Gasteiger partial charge in [0.15, 0.2) is 0 Å². The summed E-state index contributed by atoms with van der Waals surface area (Å²) in [7, 11) is 0. The van der Waals surface area contributed by atoms with Crippen molar-refractivity contribution in [3.63, 3.8) is 0 Å². The molecule has 0 saturated carbocycles. The molecule has 282 valence electrons. The summed E-state index contributed by atoms with van der Waals surface area (Å²) in [6, 6.07) is 37.4. The van der Waals surface area contributed by atoms with Crippen LogP contribution in [0.15, 0.2) is 101 Å². The van der Waals surface area contributed by atoms with Crippen LogP contribution in [0, 0.1) is 0 Å². The normalized spacial score (nSPS) is 19.2. The number of rotatable bonds is 1. The van der Waals surface area contributed by atoms with Crippen LogP contribution < -0.4 is 21.1 Å². The second-order valence-corrected chi connectivity index (χ2v) is 21.3. The number of thiophene rings is 1. The van der Waals surface area contributed by atoms with Gasteiger partial charge in [0, 0.05) is 54.9 Å².